The van der Waals surface area contributed by atoms with Gasteiger partial charge in [0, 0.05) is 26.7 Å². The van der Waals surface area contributed by atoms with Crippen LogP contribution < -0.4 is 10.5 Å². The van der Waals surface area contributed by atoms with Crippen LogP contribution in [0.25, 0.3) is 0 Å². The number of halogens is 3. The van der Waals surface area contributed by atoms with E-state index in [9.17, 15) is 0 Å². The lowest BCUT2D eigenvalue weighted by Crippen LogP contribution is -2.14. The van der Waals surface area contributed by atoms with Gasteiger partial charge in [0.15, 0.2) is 0 Å². The summed E-state index contributed by atoms with van der Waals surface area (Å²) in [5.74, 6) is 0.708. The van der Waals surface area contributed by atoms with E-state index in [1.54, 1.807) is 31.4 Å². The third-order valence-electron chi connectivity index (χ3n) is 3.04. The second kappa shape index (κ2) is 6.68. The number of rotatable bonds is 4. The summed E-state index contributed by atoms with van der Waals surface area (Å²) in [4.78, 5) is 0. The summed E-state index contributed by atoms with van der Waals surface area (Å²) in [6.07, 6.45) is 0.552. The molecule has 0 saturated carbocycles. The van der Waals surface area contributed by atoms with E-state index in [1.165, 1.54) is 0 Å². The predicted octanol–water partition coefficient (Wildman–Crippen LogP) is 4.90. The molecule has 2 aromatic carbocycles. The molecule has 0 aliphatic heterocycles. The molecule has 0 aliphatic carbocycles. The molecule has 5 heteroatoms. The Morgan fingerprint density at radius 1 is 1.05 bits per heavy atom. The Kier molecular flexibility index (Phi) is 5.17. The first-order valence-electron chi connectivity index (χ1n) is 6.04. The van der Waals surface area contributed by atoms with E-state index >= 15 is 0 Å². The second-order valence-corrected chi connectivity index (χ2v) is 5.71. The van der Waals surface area contributed by atoms with Gasteiger partial charge in [0.1, 0.15) is 5.75 Å². The summed E-state index contributed by atoms with van der Waals surface area (Å²) >= 11 is 18.2. The molecule has 1 unspecified atom stereocenters. The molecular formula is C15H14Cl3NO. The number of methoxy groups -OCH3 is 1. The molecule has 0 aliphatic rings. The summed E-state index contributed by atoms with van der Waals surface area (Å²) in [6, 6.07) is 10.4. The standard InChI is InChI=1S/C15H14Cl3NO/c1-20-15-5-3-11(17)8-12(15)14(19)7-9-6-10(16)2-4-13(9)18/h2-6,8,14H,7,19H2,1H3. The Hall–Kier alpha value is -0.930. The van der Waals surface area contributed by atoms with Crippen molar-refractivity contribution in [3.05, 3.63) is 62.6 Å². The molecule has 0 spiro atoms. The van der Waals surface area contributed by atoms with Crippen molar-refractivity contribution in [3.8, 4) is 5.75 Å². The largest absolute Gasteiger partial charge is 0.496 e. The SMILES string of the molecule is COc1ccc(Cl)cc1C(N)Cc1cc(Cl)ccc1Cl. The number of hydrogen-bond acceptors (Lipinski definition) is 2. The van der Waals surface area contributed by atoms with Gasteiger partial charge in [0.05, 0.1) is 7.11 Å². The third-order valence-corrected chi connectivity index (χ3v) is 3.88. The Morgan fingerprint density at radius 2 is 1.70 bits per heavy atom. The van der Waals surface area contributed by atoms with Gasteiger partial charge in [-0.15, -0.1) is 0 Å². The first kappa shape index (κ1) is 15.5. The molecule has 1 atom stereocenters. The lowest BCUT2D eigenvalue weighted by atomic mass is 9.99. The normalized spacial score (nSPS) is 12.2. The Balaban J connectivity index is 2.30. The van der Waals surface area contributed by atoms with E-state index < -0.39 is 0 Å². The quantitative estimate of drug-likeness (QED) is 0.865. The van der Waals surface area contributed by atoms with Gasteiger partial charge in [-0.05, 0) is 48.4 Å². The lowest BCUT2D eigenvalue weighted by Gasteiger charge is -2.17. The molecule has 2 aromatic rings. The van der Waals surface area contributed by atoms with Crippen molar-refractivity contribution in [1.29, 1.82) is 0 Å². The first-order valence-corrected chi connectivity index (χ1v) is 7.17. The smallest absolute Gasteiger partial charge is 0.123 e. The van der Waals surface area contributed by atoms with E-state index in [2.05, 4.69) is 0 Å². The topological polar surface area (TPSA) is 35.2 Å². The van der Waals surface area contributed by atoms with Gasteiger partial charge in [-0.1, -0.05) is 34.8 Å². The van der Waals surface area contributed by atoms with Gasteiger partial charge in [-0.2, -0.15) is 0 Å². The summed E-state index contributed by atoms with van der Waals surface area (Å²) in [7, 11) is 1.60. The van der Waals surface area contributed by atoms with Crippen molar-refractivity contribution >= 4 is 34.8 Å². The molecule has 0 fully saturated rings. The highest BCUT2D eigenvalue weighted by Gasteiger charge is 2.15. The van der Waals surface area contributed by atoms with Crippen molar-refractivity contribution in [3.63, 3.8) is 0 Å². The summed E-state index contributed by atoms with van der Waals surface area (Å²) in [6.45, 7) is 0. The number of nitrogens with two attached hydrogens (primary N) is 1. The first-order chi connectivity index (χ1) is 9.51. The number of benzene rings is 2. The van der Waals surface area contributed by atoms with Crippen molar-refractivity contribution in [1.82, 2.24) is 0 Å². The Bertz CT molecular complexity index is 616. The molecule has 0 aromatic heterocycles. The molecule has 0 amide bonds. The van der Waals surface area contributed by atoms with E-state index in [1.807, 2.05) is 12.1 Å². The minimum absolute atomic E-state index is 0.278. The zero-order valence-electron chi connectivity index (χ0n) is 10.9. The number of hydrogen-bond donors (Lipinski definition) is 1. The zero-order chi connectivity index (χ0) is 14.7. The van der Waals surface area contributed by atoms with Crippen LogP contribution in [0.15, 0.2) is 36.4 Å². The average Bonchev–Trinajstić information content (AvgIpc) is 2.42. The van der Waals surface area contributed by atoms with Crippen molar-refractivity contribution in [2.24, 2.45) is 5.73 Å². The maximum Gasteiger partial charge on any atom is 0.123 e. The average molecular weight is 331 g/mol. The van der Waals surface area contributed by atoms with Gasteiger partial charge < -0.3 is 10.5 Å². The minimum Gasteiger partial charge on any atom is -0.496 e. The molecule has 20 heavy (non-hydrogen) atoms. The molecule has 2 rings (SSSR count). The fourth-order valence-electron chi connectivity index (χ4n) is 2.04. The van der Waals surface area contributed by atoms with Gasteiger partial charge in [0.2, 0.25) is 0 Å². The van der Waals surface area contributed by atoms with Crippen molar-refractivity contribution in [2.75, 3.05) is 7.11 Å². The molecule has 0 bridgehead atoms. The van der Waals surface area contributed by atoms with Crippen LogP contribution in [-0.2, 0) is 6.42 Å². The van der Waals surface area contributed by atoms with Crippen molar-refractivity contribution < 1.29 is 4.74 Å². The van der Waals surface area contributed by atoms with Crippen LogP contribution in [0.2, 0.25) is 15.1 Å². The van der Waals surface area contributed by atoms with Gasteiger partial charge >= 0.3 is 0 Å². The minimum atomic E-state index is -0.278. The van der Waals surface area contributed by atoms with Crippen LogP contribution in [-0.4, -0.2) is 7.11 Å². The molecule has 0 radical (unpaired) electrons. The Labute approximate surface area is 133 Å². The maximum atomic E-state index is 6.25. The second-order valence-electron chi connectivity index (χ2n) is 4.43. The number of ether oxygens (including phenoxy) is 1. The summed E-state index contributed by atoms with van der Waals surface area (Å²) < 4.78 is 5.32. The molecular weight excluding hydrogens is 317 g/mol. The van der Waals surface area contributed by atoms with Crippen LogP contribution >= 0.6 is 34.8 Å². The van der Waals surface area contributed by atoms with Crippen LogP contribution in [0.5, 0.6) is 5.75 Å². The zero-order valence-corrected chi connectivity index (χ0v) is 13.1. The maximum absolute atomic E-state index is 6.25. The van der Waals surface area contributed by atoms with Gasteiger partial charge in [-0.25, -0.2) is 0 Å². The monoisotopic (exact) mass is 329 g/mol. The van der Waals surface area contributed by atoms with E-state index in [-0.39, 0.29) is 6.04 Å². The highest BCUT2D eigenvalue weighted by Crippen LogP contribution is 2.31. The van der Waals surface area contributed by atoms with E-state index in [0.717, 1.165) is 11.1 Å². The van der Waals surface area contributed by atoms with Crippen LogP contribution in [0.1, 0.15) is 17.2 Å². The van der Waals surface area contributed by atoms with Crippen LogP contribution in [0.3, 0.4) is 0 Å². The molecule has 2 nitrogen and oxygen atoms in total. The fraction of sp³-hybridized carbons (Fsp3) is 0.200. The van der Waals surface area contributed by atoms with Crippen molar-refractivity contribution in [2.45, 2.75) is 12.5 Å². The fourth-order valence-corrected chi connectivity index (χ4v) is 2.61. The summed E-state index contributed by atoms with van der Waals surface area (Å²) in [5, 5.41) is 1.90. The molecule has 106 valence electrons. The van der Waals surface area contributed by atoms with Crippen LogP contribution in [0.4, 0.5) is 0 Å². The van der Waals surface area contributed by atoms with Gasteiger partial charge in [-0.3, -0.25) is 0 Å². The van der Waals surface area contributed by atoms with Crippen LogP contribution in [0, 0.1) is 0 Å². The van der Waals surface area contributed by atoms with E-state index in [4.69, 9.17) is 45.3 Å². The highest BCUT2D eigenvalue weighted by molar-refractivity contribution is 6.33. The Morgan fingerprint density at radius 3 is 2.40 bits per heavy atom. The molecule has 2 N–H and O–H groups in total. The molecule has 0 heterocycles. The lowest BCUT2D eigenvalue weighted by molar-refractivity contribution is 0.405. The third kappa shape index (κ3) is 3.58. The van der Waals surface area contributed by atoms with Gasteiger partial charge in [0.25, 0.3) is 0 Å². The summed E-state index contributed by atoms with van der Waals surface area (Å²) in [5.41, 5.74) is 7.99. The highest BCUT2D eigenvalue weighted by atomic mass is 35.5. The van der Waals surface area contributed by atoms with E-state index in [0.29, 0.717) is 27.2 Å². The predicted molar refractivity (Wildman–Crippen MR) is 85.1 cm³/mol. The molecule has 0 saturated heterocycles.